The predicted molar refractivity (Wildman–Crippen MR) is 86.6 cm³/mol. The van der Waals surface area contributed by atoms with Gasteiger partial charge in [0, 0.05) is 32.7 Å². The van der Waals surface area contributed by atoms with Gasteiger partial charge in [0.1, 0.15) is 6.04 Å². The van der Waals surface area contributed by atoms with Crippen molar-refractivity contribution in [3.8, 4) is 0 Å². The molecule has 0 radical (unpaired) electrons. The molecule has 0 aromatic rings. The maximum atomic E-state index is 12.0. The Labute approximate surface area is 139 Å². The number of rotatable bonds is 5. The van der Waals surface area contributed by atoms with Crippen molar-refractivity contribution in [1.82, 2.24) is 9.21 Å². The Balaban J connectivity index is 0. The lowest BCUT2D eigenvalue weighted by molar-refractivity contribution is -0.147. The van der Waals surface area contributed by atoms with Crippen LogP contribution in [0.3, 0.4) is 0 Å². The number of hydrogen-bond donors (Lipinski definition) is 1. The van der Waals surface area contributed by atoms with E-state index < -0.39 is 21.3 Å². The minimum Gasteiger partial charge on any atom is -0.468 e. The fourth-order valence-electron chi connectivity index (χ4n) is 2.10. The van der Waals surface area contributed by atoms with Crippen molar-refractivity contribution in [2.45, 2.75) is 25.1 Å². The first kappa shape index (κ1) is 23.2. The molecule has 0 saturated carbocycles. The fraction of sp³-hybridized carbons (Fsp3) is 0.909. The Morgan fingerprint density at radius 2 is 1.67 bits per heavy atom. The minimum absolute atomic E-state index is 0. The summed E-state index contributed by atoms with van der Waals surface area (Å²) in [6.45, 7) is 5.25. The summed E-state index contributed by atoms with van der Waals surface area (Å²) < 4.78 is 30.2. The molecular weight excluding hydrogens is 341 g/mol. The number of piperazine rings is 1. The Bertz CT molecular complexity index is 412. The highest BCUT2D eigenvalue weighted by atomic mass is 35.5. The van der Waals surface area contributed by atoms with Gasteiger partial charge in [0.25, 0.3) is 0 Å². The number of nitrogens with two attached hydrogens (primary N) is 1. The van der Waals surface area contributed by atoms with Crippen LogP contribution in [0.2, 0.25) is 0 Å². The third kappa shape index (κ3) is 5.54. The number of halogens is 2. The van der Waals surface area contributed by atoms with E-state index in [1.54, 1.807) is 13.8 Å². The molecule has 128 valence electrons. The van der Waals surface area contributed by atoms with Crippen LogP contribution in [0, 0.1) is 0 Å². The molecule has 1 heterocycles. The second kappa shape index (κ2) is 9.81. The summed E-state index contributed by atoms with van der Waals surface area (Å²) in [5.41, 5.74) is 5.57. The number of carbonyl (C=O) groups excluding carboxylic acids is 1. The van der Waals surface area contributed by atoms with Crippen LogP contribution >= 0.6 is 24.8 Å². The van der Waals surface area contributed by atoms with Crippen molar-refractivity contribution >= 4 is 40.8 Å². The Kier molecular flexibility index (Phi) is 10.8. The molecule has 0 bridgehead atoms. The van der Waals surface area contributed by atoms with E-state index in [9.17, 15) is 13.2 Å². The molecule has 2 N–H and O–H groups in total. The van der Waals surface area contributed by atoms with E-state index in [1.807, 2.05) is 4.90 Å². The number of hydrogen-bond acceptors (Lipinski definition) is 6. The maximum absolute atomic E-state index is 12.0. The Morgan fingerprint density at radius 3 is 2.00 bits per heavy atom. The summed E-state index contributed by atoms with van der Waals surface area (Å²) in [6, 6.07) is -0.492. The van der Waals surface area contributed by atoms with Gasteiger partial charge in [0.2, 0.25) is 10.0 Å². The lowest BCUT2D eigenvalue weighted by atomic mass is 10.2. The van der Waals surface area contributed by atoms with E-state index in [0.29, 0.717) is 26.2 Å². The number of ether oxygens (including phenoxy) is 1. The number of carbonyl (C=O) groups is 1. The molecule has 0 amide bonds. The molecular formula is C11H25Cl2N3O4S. The van der Waals surface area contributed by atoms with Gasteiger partial charge < -0.3 is 10.5 Å². The van der Waals surface area contributed by atoms with Gasteiger partial charge in [-0.3, -0.25) is 9.69 Å². The fourth-order valence-corrected chi connectivity index (χ4v) is 3.37. The second-order valence-electron chi connectivity index (χ2n) is 4.80. The van der Waals surface area contributed by atoms with E-state index in [1.165, 1.54) is 11.4 Å². The van der Waals surface area contributed by atoms with Crippen LogP contribution < -0.4 is 5.73 Å². The van der Waals surface area contributed by atoms with Crippen molar-refractivity contribution in [1.29, 1.82) is 0 Å². The number of sulfonamides is 1. The molecule has 1 rings (SSSR count). The standard InChI is InChI=1S/C11H23N3O4S.2ClH/c1-9(2)19(16,17)14-6-4-13(5-7-14)10(8-12)11(15)18-3;;/h9-10H,4-8,12H2,1-3H3;2*1H/t10-;;/m0../s1. The zero-order valence-corrected chi connectivity index (χ0v) is 15.0. The molecule has 10 heteroatoms. The van der Waals surface area contributed by atoms with E-state index in [4.69, 9.17) is 10.5 Å². The van der Waals surface area contributed by atoms with Crippen LogP contribution in [0.4, 0.5) is 0 Å². The zero-order chi connectivity index (χ0) is 14.6. The molecule has 0 spiro atoms. The summed E-state index contributed by atoms with van der Waals surface area (Å²) >= 11 is 0. The number of nitrogens with zero attached hydrogens (tertiary/aromatic N) is 2. The smallest absolute Gasteiger partial charge is 0.324 e. The molecule has 1 saturated heterocycles. The highest BCUT2D eigenvalue weighted by Crippen LogP contribution is 2.14. The summed E-state index contributed by atoms with van der Waals surface area (Å²) in [7, 11) is -1.90. The summed E-state index contributed by atoms with van der Waals surface area (Å²) in [4.78, 5) is 13.4. The normalized spacial score (nSPS) is 18.5. The van der Waals surface area contributed by atoms with Gasteiger partial charge in [0.05, 0.1) is 12.4 Å². The van der Waals surface area contributed by atoms with Gasteiger partial charge in [-0.1, -0.05) is 0 Å². The molecule has 0 aromatic heterocycles. The van der Waals surface area contributed by atoms with E-state index in [-0.39, 0.29) is 37.3 Å². The summed E-state index contributed by atoms with van der Waals surface area (Å²) in [5, 5.41) is -0.426. The van der Waals surface area contributed by atoms with E-state index in [0.717, 1.165) is 0 Å². The van der Waals surface area contributed by atoms with Gasteiger partial charge in [-0.2, -0.15) is 4.31 Å². The monoisotopic (exact) mass is 365 g/mol. The highest BCUT2D eigenvalue weighted by Gasteiger charge is 2.33. The third-order valence-electron chi connectivity index (χ3n) is 3.37. The topological polar surface area (TPSA) is 92.9 Å². The Hall–Kier alpha value is -0.120. The van der Waals surface area contributed by atoms with Crippen LogP contribution in [0.25, 0.3) is 0 Å². The highest BCUT2D eigenvalue weighted by molar-refractivity contribution is 7.89. The van der Waals surface area contributed by atoms with Crippen LogP contribution in [0.15, 0.2) is 0 Å². The predicted octanol–water partition coefficient (Wildman–Crippen LogP) is -0.314. The number of esters is 1. The van der Waals surface area contributed by atoms with Crippen LogP contribution in [0.1, 0.15) is 13.8 Å². The van der Waals surface area contributed by atoms with Crippen LogP contribution in [-0.4, -0.2) is 74.7 Å². The van der Waals surface area contributed by atoms with Gasteiger partial charge in [0.15, 0.2) is 0 Å². The minimum atomic E-state index is -3.22. The van der Waals surface area contributed by atoms with E-state index >= 15 is 0 Å². The quantitative estimate of drug-likeness (QED) is 0.671. The average molecular weight is 366 g/mol. The van der Waals surface area contributed by atoms with E-state index in [2.05, 4.69) is 0 Å². The Morgan fingerprint density at radius 1 is 1.19 bits per heavy atom. The average Bonchev–Trinajstić information content (AvgIpc) is 2.39. The van der Waals surface area contributed by atoms with Crippen molar-refractivity contribution in [2.24, 2.45) is 5.73 Å². The number of methoxy groups -OCH3 is 1. The molecule has 21 heavy (non-hydrogen) atoms. The zero-order valence-electron chi connectivity index (χ0n) is 12.5. The molecule has 0 aliphatic carbocycles. The van der Waals surface area contributed by atoms with Crippen LogP contribution in [-0.2, 0) is 19.6 Å². The van der Waals surface area contributed by atoms with Crippen molar-refractivity contribution in [3.63, 3.8) is 0 Å². The molecule has 1 atom stereocenters. The maximum Gasteiger partial charge on any atom is 0.324 e. The van der Waals surface area contributed by atoms with Gasteiger partial charge in [-0.25, -0.2) is 8.42 Å². The van der Waals surface area contributed by atoms with Gasteiger partial charge >= 0.3 is 5.97 Å². The van der Waals surface area contributed by atoms with Gasteiger partial charge in [-0.15, -0.1) is 24.8 Å². The molecule has 0 unspecified atom stereocenters. The molecule has 7 nitrogen and oxygen atoms in total. The molecule has 1 fully saturated rings. The molecule has 1 aliphatic heterocycles. The first-order chi connectivity index (χ1) is 8.84. The van der Waals surface area contributed by atoms with Crippen molar-refractivity contribution in [3.05, 3.63) is 0 Å². The summed E-state index contributed by atoms with van der Waals surface area (Å²) in [5.74, 6) is -0.373. The summed E-state index contributed by atoms with van der Waals surface area (Å²) in [6.07, 6.45) is 0. The first-order valence-electron chi connectivity index (χ1n) is 6.35. The first-order valence-corrected chi connectivity index (χ1v) is 7.85. The largest absolute Gasteiger partial charge is 0.468 e. The lowest BCUT2D eigenvalue weighted by Crippen LogP contribution is -2.56. The van der Waals surface area contributed by atoms with Gasteiger partial charge in [-0.05, 0) is 13.8 Å². The SMILES string of the molecule is COC(=O)[C@H](CN)N1CCN(S(=O)(=O)C(C)C)CC1.Cl.Cl. The lowest BCUT2D eigenvalue weighted by Gasteiger charge is -2.37. The molecule has 0 aromatic carbocycles. The third-order valence-corrected chi connectivity index (χ3v) is 5.64. The van der Waals surface area contributed by atoms with Crippen molar-refractivity contribution in [2.75, 3.05) is 39.8 Å². The molecule has 1 aliphatic rings. The van der Waals surface area contributed by atoms with Crippen molar-refractivity contribution < 1.29 is 17.9 Å². The second-order valence-corrected chi connectivity index (χ2v) is 7.29. The van der Waals surface area contributed by atoms with Crippen LogP contribution in [0.5, 0.6) is 0 Å².